The highest BCUT2D eigenvalue weighted by molar-refractivity contribution is 7.99. The zero-order valence-electron chi connectivity index (χ0n) is 11.3. The van der Waals surface area contributed by atoms with Gasteiger partial charge >= 0.3 is 5.97 Å². The minimum Gasteiger partial charge on any atom is -0.481 e. The van der Waals surface area contributed by atoms with E-state index >= 15 is 0 Å². The Morgan fingerprint density at radius 3 is 2.26 bits per heavy atom. The molecule has 0 saturated heterocycles. The van der Waals surface area contributed by atoms with E-state index in [1.54, 1.807) is 30.8 Å². The van der Waals surface area contributed by atoms with E-state index in [1.165, 1.54) is 0 Å². The van der Waals surface area contributed by atoms with Crippen molar-refractivity contribution in [2.24, 2.45) is 5.92 Å². The summed E-state index contributed by atoms with van der Waals surface area (Å²) < 4.78 is 0. The second-order valence-corrected chi connectivity index (χ2v) is 6.29. The number of benzene rings is 1. The Balaban J connectivity index is 2.55. The summed E-state index contributed by atoms with van der Waals surface area (Å²) in [6.07, 6.45) is 0. The predicted molar refractivity (Wildman–Crippen MR) is 76.6 cm³/mol. The first-order chi connectivity index (χ1) is 8.90. The van der Waals surface area contributed by atoms with Crippen molar-refractivity contribution in [3.8, 4) is 0 Å². The number of rotatable bonds is 6. The zero-order valence-corrected chi connectivity index (χ0v) is 12.2. The van der Waals surface area contributed by atoms with E-state index in [9.17, 15) is 9.59 Å². The van der Waals surface area contributed by atoms with Crippen molar-refractivity contribution >= 4 is 23.6 Å². The van der Waals surface area contributed by atoms with Crippen molar-refractivity contribution in [3.05, 3.63) is 29.8 Å². The van der Waals surface area contributed by atoms with Crippen LogP contribution in [0.1, 0.15) is 31.1 Å². The Bertz CT molecular complexity index is 443. The van der Waals surface area contributed by atoms with Gasteiger partial charge in [0.2, 0.25) is 0 Å². The Morgan fingerprint density at radius 1 is 1.21 bits per heavy atom. The molecule has 0 aliphatic heterocycles. The lowest BCUT2D eigenvalue weighted by molar-refractivity contribution is -0.140. The van der Waals surface area contributed by atoms with Gasteiger partial charge in [-0.05, 0) is 24.3 Å². The number of nitrogens with one attached hydrogen (secondary N) is 1. The quantitative estimate of drug-likeness (QED) is 0.787. The van der Waals surface area contributed by atoms with Crippen LogP contribution in [0.25, 0.3) is 0 Å². The van der Waals surface area contributed by atoms with Crippen molar-refractivity contribution in [2.45, 2.75) is 30.9 Å². The molecule has 0 heterocycles. The molecule has 0 spiro atoms. The first kappa shape index (κ1) is 15.6. The van der Waals surface area contributed by atoms with E-state index in [4.69, 9.17) is 5.11 Å². The summed E-state index contributed by atoms with van der Waals surface area (Å²) in [5, 5.41) is 11.8. The van der Waals surface area contributed by atoms with Crippen molar-refractivity contribution in [1.29, 1.82) is 0 Å². The zero-order chi connectivity index (χ0) is 14.4. The molecule has 0 aromatic heterocycles. The van der Waals surface area contributed by atoms with Gasteiger partial charge in [-0.1, -0.05) is 20.8 Å². The number of thioether (sulfide) groups is 1. The largest absolute Gasteiger partial charge is 0.481 e. The van der Waals surface area contributed by atoms with Crippen LogP contribution >= 0.6 is 11.8 Å². The maximum Gasteiger partial charge on any atom is 0.308 e. The molecule has 0 radical (unpaired) electrons. The van der Waals surface area contributed by atoms with Crippen LogP contribution in [0.15, 0.2) is 29.2 Å². The first-order valence-electron chi connectivity index (χ1n) is 6.18. The third-order valence-electron chi connectivity index (χ3n) is 2.48. The van der Waals surface area contributed by atoms with Crippen LogP contribution in [-0.4, -0.2) is 28.8 Å². The second-order valence-electron chi connectivity index (χ2n) is 4.64. The van der Waals surface area contributed by atoms with Gasteiger partial charge in [0.25, 0.3) is 5.91 Å². The molecule has 1 amide bonds. The van der Waals surface area contributed by atoms with Crippen LogP contribution in [0.5, 0.6) is 0 Å². The fraction of sp³-hybridized carbons (Fsp3) is 0.429. The average Bonchev–Trinajstić information content (AvgIpc) is 2.35. The van der Waals surface area contributed by atoms with Crippen LogP contribution in [0, 0.1) is 5.92 Å². The van der Waals surface area contributed by atoms with Crippen molar-refractivity contribution in [2.75, 3.05) is 6.54 Å². The number of carboxylic acids is 1. The fourth-order valence-corrected chi connectivity index (χ4v) is 2.23. The molecule has 0 fully saturated rings. The molecule has 19 heavy (non-hydrogen) atoms. The lowest BCUT2D eigenvalue weighted by atomic mass is 10.1. The normalized spacial score (nSPS) is 12.2. The Hall–Kier alpha value is -1.49. The van der Waals surface area contributed by atoms with Gasteiger partial charge in [0.05, 0.1) is 5.92 Å². The molecule has 2 N–H and O–H groups in total. The molecule has 1 atom stereocenters. The lowest BCUT2D eigenvalue weighted by Gasteiger charge is -2.09. The van der Waals surface area contributed by atoms with Gasteiger partial charge in [0, 0.05) is 22.3 Å². The molecular weight excluding hydrogens is 262 g/mol. The smallest absolute Gasteiger partial charge is 0.308 e. The SMILES string of the molecule is CC(C)Sc1ccc(C(=O)NCC(C)C(=O)O)cc1. The van der Waals surface area contributed by atoms with Gasteiger partial charge in [-0.2, -0.15) is 0 Å². The second kappa shape index (κ2) is 7.19. The third kappa shape index (κ3) is 5.34. The molecular formula is C14H19NO3S. The molecule has 1 aromatic rings. The van der Waals surface area contributed by atoms with Crippen LogP contribution < -0.4 is 5.32 Å². The van der Waals surface area contributed by atoms with E-state index in [0.29, 0.717) is 10.8 Å². The topological polar surface area (TPSA) is 66.4 Å². The monoisotopic (exact) mass is 281 g/mol. The first-order valence-corrected chi connectivity index (χ1v) is 7.06. The highest BCUT2D eigenvalue weighted by Gasteiger charge is 2.13. The summed E-state index contributed by atoms with van der Waals surface area (Å²) in [4.78, 5) is 23.6. The molecule has 0 bridgehead atoms. The summed E-state index contributed by atoms with van der Waals surface area (Å²) >= 11 is 1.73. The van der Waals surface area contributed by atoms with Gasteiger partial charge < -0.3 is 10.4 Å². The molecule has 4 nitrogen and oxygen atoms in total. The summed E-state index contributed by atoms with van der Waals surface area (Å²) in [6, 6.07) is 7.32. The number of amides is 1. The van der Waals surface area contributed by atoms with Crippen LogP contribution in [0.4, 0.5) is 0 Å². The molecule has 104 valence electrons. The van der Waals surface area contributed by atoms with Crippen molar-refractivity contribution in [1.82, 2.24) is 5.32 Å². The Labute approximate surface area is 117 Å². The molecule has 1 unspecified atom stereocenters. The molecule has 0 aliphatic rings. The number of carbonyl (C=O) groups excluding carboxylic acids is 1. The molecule has 0 saturated carbocycles. The van der Waals surface area contributed by atoms with Gasteiger partial charge in [-0.25, -0.2) is 0 Å². The van der Waals surface area contributed by atoms with E-state index in [1.807, 2.05) is 12.1 Å². The van der Waals surface area contributed by atoms with Crippen molar-refractivity contribution in [3.63, 3.8) is 0 Å². The summed E-state index contributed by atoms with van der Waals surface area (Å²) in [5.41, 5.74) is 0.547. The van der Waals surface area contributed by atoms with Crippen molar-refractivity contribution < 1.29 is 14.7 Å². The van der Waals surface area contributed by atoms with Gasteiger partial charge in [0.1, 0.15) is 0 Å². The minimum absolute atomic E-state index is 0.136. The Kier molecular flexibility index (Phi) is 5.89. The van der Waals surface area contributed by atoms with Gasteiger partial charge in [0.15, 0.2) is 0 Å². The molecule has 1 aromatic carbocycles. The maximum absolute atomic E-state index is 11.8. The summed E-state index contributed by atoms with van der Waals surface area (Å²) in [5.74, 6) is -1.74. The molecule has 5 heteroatoms. The average molecular weight is 281 g/mol. The van der Waals surface area contributed by atoms with Crippen LogP contribution in [-0.2, 0) is 4.79 Å². The third-order valence-corrected chi connectivity index (χ3v) is 3.49. The van der Waals surface area contributed by atoms with Crippen LogP contribution in [0.3, 0.4) is 0 Å². The minimum atomic E-state index is -0.913. The molecule has 1 rings (SSSR count). The highest BCUT2D eigenvalue weighted by atomic mass is 32.2. The standard InChI is InChI=1S/C14H19NO3S/c1-9(2)19-12-6-4-11(5-7-12)13(16)15-8-10(3)14(17)18/h4-7,9-10H,8H2,1-3H3,(H,15,16)(H,17,18). The van der Waals surface area contributed by atoms with E-state index in [0.717, 1.165) is 4.90 Å². The van der Waals surface area contributed by atoms with E-state index in [-0.39, 0.29) is 12.5 Å². The number of hydrogen-bond acceptors (Lipinski definition) is 3. The predicted octanol–water partition coefficient (Wildman–Crippen LogP) is 2.64. The number of carbonyl (C=O) groups is 2. The fourth-order valence-electron chi connectivity index (χ4n) is 1.39. The number of hydrogen-bond donors (Lipinski definition) is 2. The van der Waals surface area contributed by atoms with E-state index in [2.05, 4.69) is 19.2 Å². The highest BCUT2D eigenvalue weighted by Crippen LogP contribution is 2.22. The van der Waals surface area contributed by atoms with E-state index < -0.39 is 11.9 Å². The summed E-state index contributed by atoms with van der Waals surface area (Å²) in [6.45, 7) is 5.92. The maximum atomic E-state index is 11.8. The van der Waals surface area contributed by atoms with Crippen LogP contribution in [0.2, 0.25) is 0 Å². The number of aliphatic carboxylic acids is 1. The summed E-state index contributed by atoms with van der Waals surface area (Å²) in [7, 11) is 0. The van der Waals surface area contributed by atoms with Gasteiger partial charge in [-0.15, -0.1) is 11.8 Å². The number of carboxylic acid groups (broad SMARTS) is 1. The lowest BCUT2D eigenvalue weighted by Crippen LogP contribution is -2.31. The van der Waals surface area contributed by atoms with Gasteiger partial charge in [-0.3, -0.25) is 9.59 Å². The Morgan fingerprint density at radius 2 is 1.79 bits per heavy atom. The molecule has 0 aliphatic carbocycles.